The van der Waals surface area contributed by atoms with E-state index in [9.17, 15) is 44.6 Å². The summed E-state index contributed by atoms with van der Waals surface area (Å²) in [6, 6.07) is 0. The average Bonchev–Trinajstić information content (AvgIpc) is 3.29. The van der Waals surface area contributed by atoms with Gasteiger partial charge in [0.25, 0.3) is 0 Å². The molecule has 65 heavy (non-hydrogen) atoms. The molecule has 0 aromatic rings. The number of unbranched alkanes of at least 4 members (excludes halogenated alkanes) is 16. The van der Waals surface area contributed by atoms with Crippen LogP contribution in [-0.2, 0) is 32.7 Å². The van der Waals surface area contributed by atoms with Gasteiger partial charge >= 0.3 is 19.8 Å². The van der Waals surface area contributed by atoms with Crippen LogP contribution < -0.4 is 0 Å². The van der Waals surface area contributed by atoms with E-state index in [0.717, 1.165) is 103 Å². The molecule has 0 radical (unpaired) electrons. The predicted octanol–water partition coefficient (Wildman–Crippen LogP) is 10.3. The van der Waals surface area contributed by atoms with Gasteiger partial charge in [0, 0.05) is 12.8 Å². The number of aliphatic hydroxyl groups excluding tert-OH is 5. The Labute approximate surface area is 391 Å². The molecule has 0 spiro atoms. The Morgan fingerprint density at radius 1 is 0.477 bits per heavy atom. The lowest BCUT2D eigenvalue weighted by Gasteiger charge is -2.41. The van der Waals surface area contributed by atoms with Crippen molar-refractivity contribution in [3.8, 4) is 0 Å². The van der Waals surface area contributed by atoms with Crippen LogP contribution in [0.2, 0.25) is 0 Å². The van der Waals surface area contributed by atoms with Crippen LogP contribution in [0, 0.1) is 0 Å². The van der Waals surface area contributed by atoms with Gasteiger partial charge in [0.1, 0.15) is 43.2 Å². The molecule has 6 unspecified atom stereocenters. The smallest absolute Gasteiger partial charge is 0.462 e. The summed E-state index contributed by atoms with van der Waals surface area (Å²) < 4.78 is 33.6. The fourth-order valence-electron chi connectivity index (χ4n) is 7.01. The topological polar surface area (TPSA) is 210 Å². The highest BCUT2D eigenvalue weighted by Gasteiger charge is 2.51. The maximum absolute atomic E-state index is 12.8. The van der Waals surface area contributed by atoms with E-state index in [2.05, 4.69) is 86.8 Å². The number of ether oxygens (including phenoxy) is 2. The van der Waals surface area contributed by atoms with Crippen LogP contribution in [0.4, 0.5) is 0 Å². The summed E-state index contributed by atoms with van der Waals surface area (Å²) in [5, 5.41) is 50.2. The summed E-state index contributed by atoms with van der Waals surface area (Å²) in [6.07, 6.45) is 38.0. The Balaban J connectivity index is 2.46. The second-order valence-corrected chi connectivity index (χ2v) is 18.4. The van der Waals surface area contributed by atoms with Crippen molar-refractivity contribution in [1.82, 2.24) is 0 Å². The molecule has 14 heteroatoms. The van der Waals surface area contributed by atoms with E-state index in [1.165, 1.54) is 38.5 Å². The first-order valence-electron chi connectivity index (χ1n) is 24.7. The van der Waals surface area contributed by atoms with Crippen molar-refractivity contribution in [3.63, 3.8) is 0 Å². The van der Waals surface area contributed by atoms with E-state index in [1.54, 1.807) is 0 Å². The standard InChI is InChI=1S/C51H87O13P/c1-3-5-7-9-11-13-15-17-19-21-22-24-25-27-29-31-33-35-37-39-44(52)61-41-43(42-62-65(59,60)64-51-49(57)47(55)46(54)48(56)50(51)58)63-45(53)40-38-36-34-32-30-28-26-23-20-18-16-14-12-10-8-6-4-2/h11-14,17-20,22,24,27,29,43,46-51,54-58H,3-10,15-16,21,23,25-26,28,30-42H2,1-2H3,(H,59,60)/b13-11+,14-12+,19-17+,20-18+,24-22+,29-27+/t43-,46?,47-,48?,49?,50?,51?/m0/s1. The molecule has 374 valence electrons. The van der Waals surface area contributed by atoms with Crippen LogP contribution in [0.25, 0.3) is 0 Å². The predicted molar refractivity (Wildman–Crippen MR) is 258 cm³/mol. The Hall–Kier alpha value is -2.71. The van der Waals surface area contributed by atoms with Crippen molar-refractivity contribution < 1.29 is 63.1 Å². The van der Waals surface area contributed by atoms with Crippen molar-refractivity contribution in [1.29, 1.82) is 0 Å². The minimum absolute atomic E-state index is 0.0770. The number of carbonyl (C=O) groups excluding carboxylic acids is 2. The molecule has 0 aliphatic heterocycles. The SMILES string of the molecule is CCCCC/C=C/C/C=C/C/C=C/C/C=C/CCCCCC(=O)OC[C@@H](COP(=O)(O)OC1C(O)C(O)C(O)[C@H](O)C1O)OC(=O)CCCCCCCCC/C=C/C/C=C/CCCCC. The summed E-state index contributed by atoms with van der Waals surface area (Å²) >= 11 is 0. The van der Waals surface area contributed by atoms with Gasteiger partial charge in [0.05, 0.1) is 6.61 Å². The lowest BCUT2D eigenvalue weighted by atomic mass is 9.85. The molecule has 0 aromatic heterocycles. The third-order valence-electron chi connectivity index (χ3n) is 11.0. The van der Waals surface area contributed by atoms with Gasteiger partial charge in [-0.25, -0.2) is 4.57 Å². The molecule has 1 aliphatic rings. The van der Waals surface area contributed by atoms with Gasteiger partial charge in [-0.3, -0.25) is 18.6 Å². The van der Waals surface area contributed by atoms with Gasteiger partial charge in [0.2, 0.25) is 0 Å². The third-order valence-corrected chi connectivity index (χ3v) is 12.0. The van der Waals surface area contributed by atoms with Crippen LogP contribution in [0.5, 0.6) is 0 Å². The largest absolute Gasteiger partial charge is 0.472 e. The second-order valence-electron chi connectivity index (χ2n) is 17.0. The van der Waals surface area contributed by atoms with Gasteiger partial charge in [-0.2, -0.15) is 0 Å². The number of hydrogen-bond acceptors (Lipinski definition) is 12. The van der Waals surface area contributed by atoms with E-state index < -0.39 is 75.7 Å². The summed E-state index contributed by atoms with van der Waals surface area (Å²) in [5.41, 5.74) is 0. The molecule has 1 aliphatic carbocycles. The summed E-state index contributed by atoms with van der Waals surface area (Å²) in [6.45, 7) is 3.21. The van der Waals surface area contributed by atoms with Gasteiger partial charge < -0.3 is 39.9 Å². The number of phosphoric ester groups is 1. The first-order valence-corrected chi connectivity index (χ1v) is 26.2. The number of esters is 2. The highest BCUT2D eigenvalue weighted by atomic mass is 31.2. The summed E-state index contributed by atoms with van der Waals surface area (Å²) in [4.78, 5) is 35.8. The third kappa shape index (κ3) is 32.6. The highest BCUT2D eigenvalue weighted by Crippen LogP contribution is 2.47. The van der Waals surface area contributed by atoms with Crippen molar-refractivity contribution in [2.45, 2.75) is 224 Å². The molecular weight excluding hydrogens is 852 g/mol. The van der Waals surface area contributed by atoms with E-state index in [-0.39, 0.29) is 12.8 Å². The minimum atomic E-state index is -5.13. The lowest BCUT2D eigenvalue weighted by Crippen LogP contribution is -2.64. The van der Waals surface area contributed by atoms with Crippen molar-refractivity contribution >= 4 is 19.8 Å². The molecular formula is C51H87O13P. The zero-order chi connectivity index (χ0) is 47.8. The van der Waals surface area contributed by atoms with Crippen LogP contribution in [0.3, 0.4) is 0 Å². The molecule has 1 rings (SSSR count). The molecule has 0 aromatic carbocycles. The molecule has 6 N–H and O–H groups in total. The van der Waals surface area contributed by atoms with Gasteiger partial charge in [0.15, 0.2) is 6.10 Å². The van der Waals surface area contributed by atoms with Crippen LogP contribution in [-0.4, -0.2) is 98.3 Å². The van der Waals surface area contributed by atoms with Crippen molar-refractivity contribution in [2.24, 2.45) is 0 Å². The van der Waals surface area contributed by atoms with Gasteiger partial charge in [-0.1, -0.05) is 151 Å². The number of allylic oxidation sites excluding steroid dienone is 12. The molecule has 1 fully saturated rings. The Morgan fingerprint density at radius 2 is 0.831 bits per heavy atom. The molecule has 0 heterocycles. The normalized spacial score (nSPS) is 22.0. The first-order chi connectivity index (χ1) is 31.4. The molecule has 0 amide bonds. The number of hydrogen-bond donors (Lipinski definition) is 6. The Bertz CT molecular complexity index is 1410. The van der Waals surface area contributed by atoms with Crippen LogP contribution in [0.1, 0.15) is 181 Å². The van der Waals surface area contributed by atoms with E-state index in [0.29, 0.717) is 12.8 Å². The second kappa shape index (κ2) is 40.4. The fourth-order valence-corrected chi connectivity index (χ4v) is 7.98. The maximum atomic E-state index is 12.8. The van der Waals surface area contributed by atoms with E-state index >= 15 is 0 Å². The van der Waals surface area contributed by atoms with E-state index in [1.807, 2.05) is 0 Å². The number of carbonyl (C=O) groups is 2. The fraction of sp³-hybridized carbons (Fsp3) is 0.725. The van der Waals surface area contributed by atoms with Gasteiger partial charge in [-0.05, 0) is 89.9 Å². The number of rotatable bonds is 40. The zero-order valence-corrected chi connectivity index (χ0v) is 40.7. The first kappa shape index (κ1) is 60.3. The zero-order valence-electron chi connectivity index (χ0n) is 39.8. The molecule has 1 saturated carbocycles. The van der Waals surface area contributed by atoms with Crippen LogP contribution >= 0.6 is 7.82 Å². The van der Waals surface area contributed by atoms with E-state index in [4.69, 9.17) is 18.5 Å². The number of phosphoric acid groups is 1. The van der Waals surface area contributed by atoms with Crippen molar-refractivity contribution in [3.05, 3.63) is 72.9 Å². The van der Waals surface area contributed by atoms with Crippen molar-refractivity contribution in [2.75, 3.05) is 13.2 Å². The monoisotopic (exact) mass is 939 g/mol. The molecule has 8 atom stereocenters. The molecule has 13 nitrogen and oxygen atoms in total. The molecule has 0 bridgehead atoms. The number of aliphatic hydroxyl groups is 5. The maximum Gasteiger partial charge on any atom is 0.472 e. The molecule has 0 saturated heterocycles. The lowest BCUT2D eigenvalue weighted by molar-refractivity contribution is -0.220. The summed E-state index contributed by atoms with van der Waals surface area (Å²) in [7, 11) is -5.13. The highest BCUT2D eigenvalue weighted by molar-refractivity contribution is 7.47. The van der Waals surface area contributed by atoms with Crippen LogP contribution in [0.15, 0.2) is 72.9 Å². The quantitative estimate of drug-likeness (QED) is 0.0146. The van der Waals surface area contributed by atoms with Gasteiger partial charge in [-0.15, -0.1) is 0 Å². The average molecular weight is 939 g/mol. The summed E-state index contributed by atoms with van der Waals surface area (Å²) in [5.74, 6) is -1.15. The Kier molecular flexibility index (Phi) is 37.5. The minimum Gasteiger partial charge on any atom is -0.462 e. The Morgan fingerprint density at radius 3 is 1.28 bits per heavy atom.